The van der Waals surface area contributed by atoms with Crippen molar-refractivity contribution in [1.29, 1.82) is 0 Å². The second-order valence-corrected chi connectivity index (χ2v) is 11.3. The second-order valence-electron chi connectivity index (χ2n) is 7.94. The number of thiazole rings is 1. The maximum Gasteiger partial charge on any atom is 0.230 e. The van der Waals surface area contributed by atoms with Crippen LogP contribution in [-0.2, 0) is 21.1 Å². The Labute approximate surface area is 198 Å². The van der Waals surface area contributed by atoms with E-state index in [1.165, 1.54) is 11.3 Å². The van der Waals surface area contributed by atoms with E-state index in [4.69, 9.17) is 0 Å². The third-order valence-electron chi connectivity index (χ3n) is 5.28. The number of hydrogen-bond donors (Lipinski definition) is 1. The van der Waals surface area contributed by atoms with Crippen LogP contribution < -0.4 is 5.32 Å². The van der Waals surface area contributed by atoms with Crippen LogP contribution in [0.4, 0.5) is 5.13 Å². The minimum atomic E-state index is -3.32. The molecule has 0 aliphatic heterocycles. The fourth-order valence-corrected chi connectivity index (χ4v) is 5.14. The topological polar surface area (TPSA) is 76.1 Å². The van der Waals surface area contributed by atoms with Gasteiger partial charge in [0.15, 0.2) is 15.0 Å². The summed E-state index contributed by atoms with van der Waals surface area (Å²) in [7, 11) is -3.32. The van der Waals surface area contributed by atoms with Gasteiger partial charge in [-0.2, -0.15) is 0 Å². The zero-order valence-corrected chi connectivity index (χ0v) is 20.0. The lowest BCUT2D eigenvalue weighted by Crippen LogP contribution is -2.15. The summed E-state index contributed by atoms with van der Waals surface area (Å²) in [5.74, 6) is -0.199. The predicted octanol–water partition coefficient (Wildman–Crippen LogP) is 5.84. The van der Waals surface area contributed by atoms with E-state index in [-0.39, 0.29) is 17.2 Å². The maximum absolute atomic E-state index is 12.5. The molecule has 168 valence electrons. The molecule has 3 aromatic carbocycles. The summed E-state index contributed by atoms with van der Waals surface area (Å²) in [4.78, 5) is 17.3. The van der Waals surface area contributed by atoms with Gasteiger partial charge in [0.05, 0.1) is 22.3 Å². The molecule has 1 aromatic heterocycles. The number of nitrogens with one attached hydrogen (secondary N) is 1. The van der Waals surface area contributed by atoms with Gasteiger partial charge in [0.2, 0.25) is 5.91 Å². The molecule has 0 saturated heterocycles. The van der Waals surface area contributed by atoms with Crippen LogP contribution in [0.1, 0.15) is 19.4 Å². The van der Waals surface area contributed by atoms with Crippen LogP contribution in [0.25, 0.3) is 22.4 Å². The number of benzene rings is 3. The Morgan fingerprint density at radius 1 is 0.879 bits per heavy atom. The van der Waals surface area contributed by atoms with Crippen molar-refractivity contribution in [2.75, 3.05) is 5.32 Å². The first-order valence-electron chi connectivity index (χ1n) is 10.6. The molecule has 0 aliphatic rings. The summed E-state index contributed by atoms with van der Waals surface area (Å²) in [5, 5.41) is 4.79. The van der Waals surface area contributed by atoms with Crippen molar-refractivity contribution in [3.05, 3.63) is 89.8 Å². The first kappa shape index (κ1) is 22.9. The van der Waals surface area contributed by atoms with E-state index >= 15 is 0 Å². The van der Waals surface area contributed by atoms with Gasteiger partial charge in [-0.1, -0.05) is 66.7 Å². The van der Waals surface area contributed by atoms with E-state index in [0.717, 1.165) is 27.9 Å². The van der Waals surface area contributed by atoms with Crippen LogP contribution in [-0.4, -0.2) is 24.6 Å². The fraction of sp³-hybridized carbons (Fsp3) is 0.154. The molecule has 33 heavy (non-hydrogen) atoms. The van der Waals surface area contributed by atoms with Crippen LogP contribution in [0.15, 0.2) is 89.1 Å². The monoisotopic (exact) mass is 476 g/mol. The molecule has 0 bridgehead atoms. The van der Waals surface area contributed by atoms with Gasteiger partial charge in [0, 0.05) is 10.9 Å². The number of anilines is 1. The minimum Gasteiger partial charge on any atom is -0.302 e. The van der Waals surface area contributed by atoms with Gasteiger partial charge in [-0.3, -0.25) is 4.79 Å². The summed E-state index contributed by atoms with van der Waals surface area (Å²) >= 11 is 1.37. The molecule has 1 N–H and O–H groups in total. The zero-order chi connectivity index (χ0) is 23.4. The highest BCUT2D eigenvalue weighted by atomic mass is 32.2. The van der Waals surface area contributed by atoms with Crippen molar-refractivity contribution in [2.45, 2.75) is 30.4 Å². The number of rotatable bonds is 7. The summed E-state index contributed by atoms with van der Waals surface area (Å²) in [6.07, 6.45) is 0.142. The van der Waals surface area contributed by atoms with Crippen molar-refractivity contribution in [3.63, 3.8) is 0 Å². The van der Waals surface area contributed by atoms with E-state index in [1.54, 1.807) is 38.1 Å². The Kier molecular flexibility index (Phi) is 6.72. The number of sulfone groups is 1. The van der Waals surface area contributed by atoms with E-state index < -0.39 is 15.1 Å². The highest BCUT2D eigenvalue weighted by Gasteiger charge is 2.19. The molecule has 1 amide bonds. The van der Waals surface area contributed by atoms with Crippen LogP contribution >= 0.6 is 11.3 Å². The molecule has 4 aromatic rings. The van der Waals surface area contributed by atoms with Crippen LogP contribution in [0.2, 0.25) is 0 Å². The third kappa shape index (κ3) is 5.38. The lowest BCUT2D eigenvalue weighted by atomic mass is 10.0. The van der Waals surface area contributed by atoms with Gasteiger partial charge in [0.25, 0.3) is 0 Å². The molecule has 7 heteroatoms. The second kappa shape index (κ2) is 9.68. The average molecular weight is 477 g/mol. The Morgan fingerprint density at radius 3 is 2.12 bits per heavy atom. The number of nitrogens with zero attached hydrogens (tertiary/aromatic N) is 1. The SMILES string of the molecule is CC(C)S(=O)(=O)c1ccc(CC(=O)Nc2nc(-c3ccc(-c4ccccc4)cc3)cs2)cc1. The number of carbonyl (C=O) groups is 1. The molecule has 0 unspecified atom stereocenters. The highest BCUT2D eigenvalue weighted by Crippen LogP contribution is 2.28. The molecular weight excluding hydrogens is 452 g/mol. The summed E-state index contributed by atoms with van der Waals surface area (Å²) in [5.41, 5.74) is 4.82. The minimum absolute atomic E-state index is 0.142. The molecular formula is C26H24N2O3S2. The first-order valence-corrected chi connectivity index (χ1v) is 13.0. The molecule has 5 nitrogen and oxygen atoms in total. The Morgan fingerprint density at radius 2 is 1.48 bits per heavy atom. The van der Waals surface area contributed by atoms with Crippen LogP contribution in [0.3, 0.4) is 0 Å². The van der Waals surface area contributed by atoms with Crippen molar-refractivity contribution in [1.82, 2.24) is 4.98 Å². The van der Waals surface area contributed by atoms with Gasteiger partial charge in [-0.25, -0.2) is 13.4 Å². The third-order valence-corrected chi connectivity index (χ3v) is 8.20. The maximum atomic E-state index is 12.5. The van der Waals surface area contributed by atoms with E-state index in [0.29, 0.717) is 5.13 Å². The average Bonchev–Trinajstić information content (AvgIpc) is 3.28. The van der Waals surface area contributed by atoms with Crippen molar-refractivity contribution < 1.29 is 13.2 Å². The van der Waals surface area contributed by atoms with Crippen molar-refractivity contribution in [2.24, 2.45) is 0 Å². The Balaban J connectivity index is 1.39. The number of hydrogen-bond acceptors (Lipinski definition) is 5. The molecule has 0 aliphatic carbocycles. The lowest BCUT2D eigenvalue weighted by Gasteiger charge is -2.08. The quantitative estimate of drug-likeness (QED) is 0.364. The molecule has 0 fully saturated rings. The van der Waals surface area contributed by atoms with Gasteiger partial charge in [0.1, 0.15) is 0 Å². The van der Waals surface area contributed by atoms with Crippen LogP contribution in [0.5, 0.6) is 0 Å². The molecule has 1 heterocycles. The van der Waals surface area contributed by atoms with E-state index in [2.05, 4.69) is 34.6 Å². The normalized spacial score (nSPS) is 11.5. The molecule has 4 rings (SSSR count). The molecule has 0 atom stereocenters. The lowest BCUT2D eigenvalue weighted by molar-refractivity contribution is -0.115. The van der Waals surface area contributed by atoms with Gasteiger partial charge >= 0.3 is 0 Å². The summed E-state index contributed by atoms with van der Waals surface area (Å²) in [6, 6.07) is 24.8. The van der Waals surface area contributed by atoms with E-state index in [1.807, 2.05) is 35.7 Å². The number of carbonyl (C=O) groups excluding carboxylic acids is 1. The Bertz CT molecular complexity index is 1340. The van der Waals surface area contributed by atoms with Crippen molar-refractivity contribution >= 4 is 32.2 Å². The Hall–Kier alpha value is -3.29. The standard InChI is InChI=1S/C26H24N2O3S2/c1-18(2)33(30,31)23-14-8-19(9-15-23)16-25(29)28-26-27-24(17-32-26)22-12-10-21(11-13-22)20-6-4-3-5-7-20/h3-15,17-18H,16H2,1-2H3,(H,27,28,29). The van der Waals surface area contributed by atoms with Crippen molar-refractivity contribution in [3.8, 4) is 22.4 Å². The highest BCUT2D eigenvalue weighted by molar-refractivity contribution is 7.92. The first-order chi connectivity index (χ1) is 15.8. The number of amides is 1. The zero-order valence-electron chi connectivity index (χ0n) is 18.4. The number of aromatic nitrogens is 1. The van der Waals surface area contributed by atoms with Gasteiger partial charge < -0.3 is 5.32 Å². The predicted molar refractivity (Wildman–Crippen MR) is 134 cm³/mol. The largest absolute Gasteiger partial charge is 0.302 e. The molecule has 0 saturated carbocycles. The van der Waals surface area contributed by atoms with Gasteiger partial charge in [-0.05, 0) is 42.7 Å². The summed E-state index contributed by atoms with van der Waals surface area (Å²) in [6.45, 7) is 3.30. The molecule has 0 radical (unpaired) electrons. The fourth-order valence-electron chi connectivity index (χ4n) is 3.35. The van der Waals surface area contributed by atoms with E-state index in [9.17, 15) is 13.2 Å². The molecule has 0 spiro atoms. The van der Waals surface area contributed by atoms with Crippen LogP contribution in [0, 0.1) is 0 Å². The smallest absolute Gasteiger partial charge is 0.230 e. The van der Waals surface area contributed by atoms with Gasteiger partial charge in [-0.15, -0.1) is 11.3 Å². The summed E-state index contributed by atoms with van der Waals surface area (Å²) < 4.78 is 24.5.